The third-order valence-electron chi connectivity index (χ3n) is 1.83. The number of ether oxygens (including phenoxy) is 2. The van der Waals surface area contributed by atoms with Crippen LogP contribution in [0.3, 0.4) is 0 Å². The highest BCUT2D eigenvalue weighted by molar-refractivity contribution is 5.90. The summed E-state index contributed by atoms with van der Waals surface area (Å²) >= 11 is 0. The number of pyridine rings is 1. The van der Waals surface area contributed by atoms with Crippen LogP contribution >= 0.6 is 0 Å². The Morgan fingerprint density at radius 2 is 2.19 bits per heavy atom. The monoisotopic (exact) mass is 227 g/mol. The molecule has 8 heteroatoms. The maximum atomic E-state index is 11.2. The first-order chi connectivity index (χ1) is 7.63. The summed E-state index contributed by atoms with van der Waals surface area (Å²) in [6.45, 7) is 0. The molecule has 0 radical (unpaired) electrons. The number of nitrogens with zero attached hydrogens (tertiary/aromatic N) is 2. The molecule has 0 aliphatic carbocycles. The maximum Gasteiger partial charge on any atom is 0.351 e. The molecule has 0 bridgehead atoms. The highest BCUT2D eigenvalue weighted by Crippen LogP contribution is 2.27. The van der Waals surface area contributed by atoms with E-state index in [9.17, 15) is 4.79 Å². The van der Waals surface area contributed by atoms with Gasteiger partial charge in [0.25, 0.3) is 0 Å². The van der Waals surface area contributed by atoms with Crippen molar-refractivity contribution >= 4 is 11.8 Å². The summed E-state index contributed by atoms with van der Waals surface area (Å²) in [4.78, 5) is 15.1. The molecule has 1 aromatic rings. The van der Waals surface area contributed by atoms with E-state index in [1.54, 1.807) is 6.07 Å². The molecule has 16 heavy (non-hydrogen) atoms. The van der Waals surface area contributed by atoms with Crippen LogP contribution in [0.4, 0.5) is 10.6 Å². The Balaban J connectivity index is 3.08. The van der Waals surface area contributed by atoms with E-state index in [4.69, 9.17) is 21.2 Å². The number of carbonyl (C=O) groups is 1. The zero-order valence-corrected chi connectivity index (χ0v) is 8.93. The summed E-state index contributed by atoms with van der Waals surface area (Å²) in [6.07, 6.45) is 1.40. The standard InChI is InChI=1S/C8H13N5O3/c1-15-5-3-6(16-2)7(11-4-5)13(10)8(14)12-9/h3-4H,9-10H2,1-2H3,(H,12,14). The van der Waals surface area contributed by atoms with Gasteiger partial charge in [0, 0.05) is 6.07 Å². The van der Waals surface area contributed by atoms with E-state index >= 15 is 0 Å². The molecule has 0 spiro atoms. The van der Waals surface area contributed by atoms with Crippen molar-refractivity contribution in [2.24, 2.45) is 11.7 Å². The fourth-order valence-electron chi connectivity index (χ4n) is 1.03. The molecule has 1 rings (SSSR count). The number of aromatic nitrogens is 1. The molecule has 0 aromatic carbocycles. The maximum absolute atomic E-state index is 11.2. The van der Waals surface area contributed by atoms with Crippen LogP contribution in [0.2, 0.25) is 0 Å². The van der Waals surface area contributed by atoms with Crippen LogP contribution < -0.4 is 31.6 Å². The number of carbonyl (C=O) groups excluding carboxylic acids is 1. The molecular weight excluding hydrogens is 214 g/mol. The SMILES string of the molecule is COc1cnc(N(N)C(=O)NN)c(OC)c1. The van der Waals surface area contributed by atoms with Gasteiger partial charge in [-0.2, -0.15) is 0 Å². The van der Waals surface area contributed by atoms with Crippen LogP contribution in [0, 0.1) is 0 Å². The highest BCUT2D eigenvalue weighted by Gasteiger charge is 2.17. The molecule has 8 nitrogen and oxygen atoms in total. The minimum Gasteiger partial charge on any atom is -0.495 e. The molecule has 1 heterocycles. The zero-order valence-electron chi connectivity index (χ0n) is 8.93. The first-order valence-corrected chi connectivity index (χ1v) is 4.27. The van der Waals surface area contributed by atoms with E-state index in [2.05, 4.69) is 4.98 Å². The average molecular weight is 227 g/mol. The molecule has 0 aliphatic heterocycles. The number of hydrogen-bond donors (Lipinski definition) is 3. The van der Waals surface area contributed by atoms with Gasteiger partial charge in [-0.05, 0) is 0 Å². The fraction of sp³-hybridized carbons (Fsp3) is 0.250. The van der Waals surface area contributed by atoms with Gasteiger partial charge >= 0.3 is 6.03 Å². The van der Waals surface area contributed by atoms with Gasteiger partial charge in [0.15, 0.2) is 11.6 Å². The van der Waals surface area contributed by atoms with Gasteiger partial charge in [-0.1, -0.05) is 0 Å². The van der Waals surface area contributed by atoms with Gasteiger partial charge in [-0.15, -0.1) is 0 Å². The minimum absolute atomic E-state index is 0.131. The van der Waals surface area contributed by atoms with E-state index in [0.29, 0.717) is 11.5 Å². The molecule has 0 fully saturated rings. The second-order valence-electron chi connectivity index (χ2n) is 2.72. The average Bonchev–Trinajstić information content (AvgIpc) is 2.35. The van der Waals surface area contributed by atoms with Gasteiger partial charge in [-0.3, -0.25) is 5.43 Å². The first kappa shape index (κ1) is 12.0. The molecule has 2 amide bonds. The van der Waals surface area contributed by atoms with Crippen LogP contribution in [-0.2, 0) is 0 Å². The third-order valence-corrected chi connectivity index (χ3v) is 1.83. The summed E-state index contributed by atoms with van der Waals surface area (Å²) < 4.78 is 9.97. The lowest BCUT2D eigenvalue weighted by atomic mass is 10.4. The smallest absolute Gasteiger partial charge is 0.351 e. The largest absolute Gasteiger partial charge is 0.495 e. The van der Waals surface area contributed by atoms with E-state index in [1.165, 1.54) is 20.4 Å². The Morgan fingerprint density at radius 3 is 2.69 bits per heavy atom. The molecule has 0 atom stereocenters. The van der Waals surface area contributed by atoms with Crippen LogP contribution in [0.5, 0.6) is 11.5 Å². The van der Waals surface area contributed by atoms with E-state index in [0.717, 1.165) is 5.01 Å². The van der Waals surface area contributed by atoms with Crippen molar-refractivity contribution in [2.45, 2.75) is 0 Å². The number of amides is 2. The van der Waals surface area contributed by atoms with Crippen molar-refractivity contribution < 1.29 is 14.3 Å². The van der Waals surface area contributed by atoms with Gasteiger partial charge < -0.3 is 9.47 Å². The van der Waals surface area contributed by atoms with E-state index in [1.807, 2.05) is 5.43 Å². The molecule has 88 valence electrons. The summed E-state index contributed by atoms with van der Waals surface area (Å²) in [5.41, 5.74) is 1.88. The summed E-state index contributed by atoms with van der Waals surface area (Å²) in [7, 11) is 2.91. The lowest BCUT2D eigenvalue weighted by Crippen LogP contribution is -2.48. The molecule has 0 aliphatic rings. The topological polar surface area (TPSA) is 116 Å². The Labute approximate surface area is 92.1 Å². The van der Waals surface area contributed by atoms with Crippen molar-refractivity contribution in [2.75, 3.05) is 19.2 Å². The fourth-order valence-corrected chi connectivity index (χ4v) is 1.03. The Hall–Kier alpha value is -2.06. The van der Waals surface area contributed by atoms with E-state index < -0.39 is 6.03 Å². The second kappa shape index (κ2) is 5.14. The van der Waals surface area contributed by atoms with Crippen molar-refractivity contribution in [3.8, 4) is 11.5 Å². The minimum atomic E-state index is -0.712. The zero-order chi connectivity index (χ0) is 12.1. The van der Waals surface area contributed by atoms with Gasteiger partial charge in [0.2, 0.25) is 0 Å². The van der Waals surface area contributed by atoms with Gasteiger partial charge in [-0.25, -0.2) is 26.5 Å². The van der Waals surface area contributed by atoms with Crippen molar-refractivity contribution in [3.05, 3.63) is 12.3 Å². The third kappa shape index (κ3) is 2.30. The highest BCUT2D eigenvalue weighted by atomic mass is 16.5. The Kier molecular flexibility index (Phi) is 3.86. The lowest BCUT2D eigenvalue weighted by molar-refractivity contribution is 0.246. The van der Waals surface area contributed by atoms with Crippen molar-refractivity contribution in [1.29, 1.82) is 0 Å². The van der Waals surface area contributed by atoms with Crippen LogP contribution in [0.1, 0.15) is 0 Å². The van der Waals surface area contributed by atoms with Crippen molar-refractivity contribution in [1.82, 2.24) is 10.4 Å². The second-order valence-corrected chi connectivity index (χ2v) is 2.72. The van der Waals surface area contributed by atoms with Crippen LogP contribution in [0.15, 0.2) is 12.3 Å². The molecule has 5 N–H and O–H groups in total. The molecule has 0 saturated carbocycles. The molecule has 0 unspecified atom stereocenters. The number of hydrazine groups is 2. The molecule has 0 saturated heterocycles. The van der Waals surface area contributed by atoms with Crippen LogP contribution in [-0.4, -0.2) is 25.2 Å². The van der Waals surface area contributed by atoms with E-state index in [-0.39, 0.29) is 5.82 Å². The number of rotatable bonds is 3. The molecular formula is C8H13N5O3. The summed E-state index contributed by atoms with van der Waals surface area (Å²) in [5, 5.41) is 0.734. The van der Waals surface area contributed by atoms with Gasteiger partial charge in [0.05, 0.1) is 20.4 Å². The molecule has 1 aromatic heterocycles. The number of nitrogens with one attached hydrogen (secondary N) is 1. The van der Waals surface area contributed by atoms with Gasteiger partial charge in [0.1, 0.15) is 5.75 Å². The number of hydrogen-bond acceptors (Lipinski definition) is 6. The predicted octanol–water partition coefficient (Wildman–Crippen LogP) is -0.638. The quantitative estimate of drug-likeness (QED) is 0.359. The summed E-state index contributed by atoms with van der Waals surface area (Å²) in [6, 6.07) is 0.836. The number of anilines is 1. The predicted molar refractivity (Wildman–Crippen MR) is 56.7 cm³/mol. The Morgan fingerprint density at radius 1 is 1.50 bits per heavy atom. The Bertz CT molecular complexity index is 384. The lowest BCUT2D eigenvalue weighted by Gasteiger charge is -2.17. The number of urea groups is 1. The first-order valence-electron chi connectivity index (χ1n) is 4.27. The normalized spacial score (nSPS) is 9.50. The number of nitrogens with two attached hydrogens (primary N) is 2. The number of methoxy groups -OCH3 is 2. The summed E-state index contributed by atoms with van der Waals surface area (Å²) in [5.74, 6) is 11.3. The van der Waals surface area contributed by atoms with Crippen molar-refractivity contribution in [3.63, 3.8) is 0 Å². The van der Waals surface area contributed by atoms with Crippen LogP contribution in [0.25, 0.3) is 0 Å².